The van der Waals surface area contributed by atoms with Crippen LogP contribution in [0, 0.1) is 0 Å². The van der Waals surface area contributed by atoms with E-state index in [0.717, 1.165) is 5.56 Å². The highest BCUT2D eigenvalue weighted by atomic mass is 16.6. The molecule has 0 aliphatic rings. The summed E-state index contributed by atoms with van der Waals surface area (Å²) in [6.07, 6.45) is -0.526. The summed E-state index contributed by atoms with van der Waals surface area (Å²) in [4.78, 5) is 35.2. The maximum absolute atomic E-state index is 12.8. The van der Waals surface area contributed by atoms with Crippen LogP contribution in [0.25, 0.3) is 0 Å². The molecule has 0 aromatic heterocycles. The number of nitrogens with one attached hydrogen (secondary N) is 2. The molecule has 28 heavy (non-hydrogen) atoms. The SMILES string of the molecule is CC(C)(C)OC(=O)NCc1cccc(C(=O)c2cccc(NCC(=O)O)c2)c1. The third-order valence-electron chi connectivity index (χ3n) is 3.59. The number of carboxylic acid groups (broad SMARTS) is 1. The van der Waals surface area contributed by atoms with Crippen molar-refractivity contribution in [3.8, 4) is 0 Å². The molecule has 0 atom stereocenters. The molecule has 0 saturated heterocycles. The third kappa shape index (κ3) is 6.75. The Hall–Kier alpha value is -3.35. The normalized spacial score (nSPS) is 10.8. The van der Waals surface area contributed by atoms with Gasteiger partial charge in [-0.25, -0.2) is 4.79 Å². The van der Waals surface area contributed by atoms with Crippen LogP contribution in [0.4, 0.5) is 10.5 Å². The molecule has 0 bridgehead atoms. The molecule has 0 fully saturated rings. The molecule has 0 aliphatic heterocycles. The Morgan fingerprint density at radius 3 is 2.29 bits per heavy atom. The maximum atomic E-state index is 12.8. The number of benzene rings is 2. The average Bonchev–Trinajstić information content (AvgIpc) is 2.63. The molecule has 0 saturated carbocycles. The topological polar surface area (TPSA) is 105 Å². The molecular weight excluding hydrogens is 360 g/mol. The van der Waals surface area contributed by atoms with Crippen LogP contribution in [0.15, 0.2) is 48.5 Å². The van der Waals surface area contributed by atoms with Crippen molar-refractivity contribution in [1.82, 2.24) is 5.32 Å². The first-order valence-corrected chi connectivity index (χ1v) is 8.80. The van der Waals surface area contributed by atoms with Gasteiger partial charge in [0, 0.05) is 23.4 Å². The lowest BCUT2D eigenvalue weighted by atomic mass is 10.0. The number of alkyl carbamates (subject to hydrolysis) is 1. The molecule has 2 rings (SSSR count). The highest BCUT2D eigenvalue weighted by molar-refractivity contribution is 6.09. The van der Waals surface area contributed by atoms with E-state index < -0.39 is 17.7 Å². The molecular formula is C21H24N2O5. The van der Waals surface area contributed by atoms with E-state index in [2.05, 4.69) is 10.6 Å². The van der Waals surface area contributed by atoms with Gasteiger partial charge in [0.2, 0.25) is 0 Å². The number of carboxylic acids is 1. The van der Waals surface area contributed by atoms with Gasteiger partial charge in [0.25, 0.3) is 0 Å². The van der Waals surface area contributed by atoms with Gasteiger partial charge in [-0.1, -0.05) is 30.3 Å². The van der Waals surface area contributed by atoms with Gasteiger partial charge >= 0.3 is 12.1 Å². The number of carbonyl (C=O) groups excluding carboxylic acids is 2. The summed E-state index contributed by atoms with van der Waals surface area (Å²) in [7, 11) is 0. The first-order valence-electron chi connectivity index (χ1n) is 8.80. The number of carbonyl (C=O) groups is 3. The minimum absolute atomic E-state index is 0.196. The smallest absolute Gasteiger partial charge is 0.407 e. The van der Waals surface area contributed by atoms with Crippen molar-refractivity contribution in [3.05, 3.63) is 65.2 Å². The standard InChI is InChI=1S/C21H24N2O5/c1-21(2,3)28-20(27)23-12-14-6-4-7-15(10-14)19(26)16-8-5-9-17(11-16)22-13-18(24)25/h4-11,22H,12-13H2,1-3H3,(H,23,27)(H,24,25). The molecule has 1 amide bonds. The van der Waals surface area contributed by atoms with E-state index in [-0.39, 0.29) is 18.9 Å². The Bertz CT molecular complexity index is 871. The van der Waals surface area contributed by atoms with Crippen LogP contribution in [0.3, 0.4) is 0 Å². The van der Waals surface area contributed by atoms with Gasteiger partial charge in [-0.05, 0) is 44.5 Å². The first-order chi connectivity index (χ1) is 13.1. The number of amides is 1. The predicted molar refractivity (Wildman–Crippen MR) is 106 cm³/mol. The van der Waals surface area contributed by atoms with Crippen LogP contribution >= 0.6 is 0 Å². The third-order valence-corrected chi connectivity index (χ3v) is 3.59. The fraction of sp³-hybridized carbons (Fsp3) is 0.286. The second-order valence-corrected chi connectivity index (χ2v) is 7.21. The van der Waals surface area contributed by atoms with E-state index in [1.165, 1.54) is 0 Å². The number of hydrogen-bond acceptors (Lipinski definition) is 5. The van der Waals surface area contributed by atoms with Crippen molar-refractivity contribution < 1.29 is 24.2 Å². The highest BCUT2D eigenvalue weighted by Gasteiger charge is 2.16. The lowest BCUT2D eigenvalue weighted by Crippen LogP contribution is -2.32. The van der Waals surface area contributed by atoms with E-state index in [1.54, 1.807) is 69.3 Å². The van der Waals surface area contributed by atoms with Crippen LogP contribution in [-0.4, -0.2) is 35.1 Å². The van der Waals surface area contributed by atoms with Crippen molar-refractivity contribution in [1.29, 1.82) is 0 Å². The fourth-order valence-electron chi connectivity index (χ4n) is 2.43. The summed E-state index contributed by atoms with van der Waals surface area (Å²) in [5.74, 6) is -1.18. The zero-order valence-electron chi connectivity index (χ0n) is 16.1. The zero-order valence-corrected chi connectivity index (χ0v) is 16.1. The molecule has 7 heteroatoms. The number of anilines is 1. The van der Waals surface area contributed by atoms with Crippen LogP contribution in [0.5, 0.6) is 0 Å². The van der Waals surface area contributed by atoms with Crippen molar-refractivity contribution in [2.45, 2.75) is 32.9 Å². The molecule has 2 aromatic rings. The quantitative estimate of drug-likeness (QED) is 0.632. The maximum Gasteiger partial charge on any atom is 0.407 e. The number of ether oxygens (including phenoxy) is 1. The average molecular weight is 384 g/mol. The molecule has 7 nitrogen and oxygen atoms in total. The Kier molecular flexibility index (Phi) is 6.76. The summed E-state index contributed by atoms with van der Waals surface area (Å²) in [6.45, 7) is 5.35. The van der Waals surface area contributed by atoms with Gasteiger partial charge in [-0.3, -0.25) is 9.59 Å². The summed E-state index contributed by atoms with van der Waals surface area (Å²) < 4.78 is 5.19. The molecule has 0 radical (unpaired) electrons. The highest BCUT2D eigenvalue weighted by Crippen LogP contribution is 2.16. The Morgan fingerprint density at radius 1 is 1.00 bits per heavy atom. The fourth-order valence-corrected chi connectivity index (χ4v) is 2.43. The number of hydrogen-bond donors (Lipinski definition) is 3. The second-order valence-electron chi connectivity index (χ2n) is 7.21. The minimum Gasteiger partial charge on any atom is -0.480 e. The van der Waals surface area contributed by atoms with Crippen molar-refractivity contribution in [2.24, 2.45) is 0 Å². The molecule has 0 spiro atoms. The molecule has 3 N–H and O–H groups in total. The predicted octanol–water partition coefficient (Wildman–Crippen LogP) is 3.44. The summed E-state index contributed by atoms with van der Waals surface area (Å²) in [5.41, 5.74) is 1.64. The lowest BCUT2D eigenvalue weighted by Gasteiger charge is -2.19. The van der Waals surface area contributed by atoms with Gasteiger partial charge in [0.1, 0.15) is 12.1 Å². The Labute approximate surface area is 163 Å². The van der Waals surface area contributed by atoms with E-state index in [4.69, 9.17) is 9.84 Å². The summed E-state index contributed by atoms with van der Waals surface area (Å²) in [5, 5.41) is 14.1. The monoisotopic (exact) mass is 384 g/mol. The van der Waals surface area contributed by atoms with Crippen LogP contribution < -0.4 is 10.6 Å². The van der Waals surface area contributed by atoms with Crippen molar-refractivity contribution in [2.75, 3.05) is 11.9 Å². The van der Waals surface area contributed by atoms with Gasteiger partial charge in [-0.2, -0.15) is 0 Å². The number of ketones is 1. The Balaban J connectivity index is 2.06. The molecule has 0 heterocycles. The van der Waals surface area contributed by atoms with Gasteiger partial charge in [0.15, 0.2) is 5.78 Å². The minimum atomic E-state index is -0.984. The van der Waals surface area contributed by atoms with Crippen LogP contribution in [-0.2, 0) is 16.1 Å². The molecule has 2 aromatic carbocycles. The second kappa shape index (κ2) is 9.03. The van der Waals surface area contributed by atoms with E-state index in [0.29, 0.717) is 16.8 Å². The van der Waals surface area contributed by atoms with Crippen LogP contribution in [0.2, 0.25) is 0 Å². The van der Waals surface area contributed by atoms with Crippen molar-refractivity contribution in [3.63, 3.8) is 0 Å². The van der Waals surface area contributed by atoms with E-state index in [1.807, 2.05) is 0 Å². The Morgan fingerprint density at radius 2 is 1.64 bits per heavy atom. The number of aliphatic carboxylic acids is 1. The molecule has 148 valence electrons. The van der Waals surface area contributed by atoms with E-state index in [9.17, 15) is 14.4 Å². The lowest BCUT2D eigenvalue weighted by molar-refractivity contribution is -0.134. The molecule has 0 unspecified atom stereocenters. The zero-order chi connectivity index (χ0) is 20.7. The largest absolute Gasteiger partial charge is 0.480 e. The van der Waals surface area contributed by atoms with Crippen molar-refractivity contribution >= 4 is 23.5 Å². The summed E-state index contributed by atoms with van der Waals surface area (Å²) in [6, 6.07) is 13.6. The van der Waals surface area contributed by atoms with Gasteiger partial charge in [0.05, 0.1) is 0 Å². The molecule has 0 aliphatic carbocycles. The number of rotatable bonds is 7. The van der Waals surface area contributed by atoms with Gasteiger partial charge < -0.3 is 20.5 Å². The van der Waals surface area contributed by atoms with E-state index >= 15 is 0 Å². The van der Waals surface area contributed by atoms with Gasteiger partial charge in [-0.15, -0.1) is 0 Å². The van der Waals surface area contributed by atoms with Crippen LogP contribution in [0.1, 0.15) is 42.3 Å². The summed E-state index contributed by atoms with van der Waals surface area (Å²) >= 11 is 0. The first kappa shape index (κ1) is 21.0.